The summed E-state index contributed by atoms with van der Waals surface area (Å²) < 4.78 is 0. The molecule has 5 nitrogen and oxygen atoms in total. The summed E-state index contributed by atoms with van der Waals surface area (Å²) in [6.07, 6.45) is 0. The Kier molecular flexibility index (Phi) is 6.56. The number of nitrogens with zero attached hydrogens (tertiary/aromatic N) is 2. The van der Waals surface area contributed by atoms with Crippen molar-refractivity contribution in [3.05, 3.63) is 105 Å². The minimum atomic E-state index is -0.220. The van der Waals surface area contributed by atoms with Crippen molar-refractivity contribution in [1.29, 1.82) is 0 Å². The van der Waals surface area contributed by atoms with E-state index in [0.29, 0.717) is 11.5 Å². The van der Waals surface area contributed by atoms with Crippen molar-refractivity contribution >= 4 is 28.2 Å². The molecule has 168 valence electrons. The van der Waals surface area contributed by atoms with Crippen LogP contribution in [0, 0.1) is 34.6 Å². The maximum Gasteiger partial charge on any atom is 0.256 e. The van der Waals surface area contributed by atoms with Gasteiger partial charge >= 0.3 is 0 Å². The van der Waals surface area contributed by atoms with Crippen LogP contribution in [0.3, 0.4) is 0 Å². The summed E-state index contributed by atoms with van der Waals surface area (Å²) in [5.41, 5.74) is 6.89. The Morgan fingerprint density at radius 1 is 0.879 bits per heavy atom. The van der Waals surface area contributed by atoms with Gasteiger partial charge in [0, 0.05) is 27.4 Å². The molecule has 0 fully saturated rings. The summed E-state index contributed by atoms with van der Waals surface area (Å²) in [5.74, 6) is 0.449. The van der Waals surface area contributed by atoms with Gasteiger partial charge in [-0.15, -0.1) is 11.3 Å². The third-order valence-electron chi connectivity index (χ3n) is 5.65. The number of anilines is 2. The second-order valence-electron chi connectivity index (χ2n) is 8.31. The van der Waals surface area contributed by atoms with Crippen molar-refractivity contribution in [1.82, 2.24) is 9.97 Å². The van der Waals surface area contributed by atoms with E-state index in [0.717, 1.165) is 38.0 Å². The molecule has 2 aromatic heterocycles. The number of aryl methyl sites for hydroxylation is 4. The second kappa shape index (κ2) is 9.55. The van der Waals surface area contributed by atoms with Crippen molar-refractivity contribution < 1.29 is 4.79 Å². The zero-order valence-corrected chi connectivity index (χ0v) is 20.4. The number of carbonyl (C=O) groups excluding carboxylic acids is 1. The first-order valence-corrected chi connectivity index (χ1v) is 11.7. The molecule has 1 amide bonds. The minimum Gasteiger partial charge on any atom is -0.343 e. The Labute approximate surface area is 198 Å². The first-order chi connectivity index (χ1) is 15.8. The first kappa shape index (κ1) is 22.7. The third-order valence-corrected chi connectivity index (χ3v) is 6.79. The van der Waals surface area contributed by atoms with Gasteiger partial charge in [0.2, 0.25) is 5.95 Å². The van der Waals surface area contributed by atoms with Crippen molar-refractivity contribution in [2.75, 3.05) is 10.6 Å². The summed E-state index contributed by atoms with van der Waals surface area (Å²) in [4.78, 5) is 23.4. The molecular formula is C27H28N4OS. The van der Waals surface area contributed by atoms with Crippen LogP contribution in [0.15, 0.2) is 60.7 Å². The first-order valence-electron chi connectivity index (χ1n) is 10.9. The lowest BCUT2D eigenvalue weighted by Gasteiger charge is -2.22. The molecule has 4 aromatic rings. The van der Waals surface area contributed by atoms with Crippen LogP contribution >= 0.6 is 11.3 Å². The number of rotatable bonds is 6. The van der Waals surface area contributed by atoms with Crippen LogP contribution in [0.2, 0.25) is 0 Å². The molecule has 0 spiro atoms. The van der Waals surface area contributed by atoms with Gasteiger partial charge in [-0.25, -0.2) is 9.97 Å². The van der Waals surface area contributed by atoms with Crippen LogP contribution in [0.1, 0.15) is 54.9 Å². The Hall–Kier alpha value is -3.51. The quantitative estimate of drug-likeness (QED) is 0.346. The highest BCUT2D eigenvalue weighted by atomic mass is 32.1. The summed E-state index contributed by atoms with van der Waals surface area (Å²) in [5, 5.41) is 7.55. The number of carbonyl (C=O) groups is 1. The van der Waals surface area contributed by atoms with Crippen LogP contribution in [-0.2, 0) is 0 Å². The van der Waals surface area contributed by atoms with E-state index in [2.05, 4.69) is 65.6 Å². The number of hydrogen-bond acceptors (Lipinski definition) is 5. The molecule has 0 saturated heterocycles. The van der Waals surface area contributed by atoms with Crippen LogP contribution in [0.4, 0.5) is 10.9 Å². The van der Waals surface area contributed by atoms with E-state index in [9.17, 15) is 4.79 Å². The molecule has 0 saturated carbocycles. The molecule has 0 radical (unpaired) electrons. The summed E-state index contributed by atoms with van der Waals surface area (Å²) >= 11 is 1.59. The molecule has 0 aliphatic rings. The number of benzene rings is 2. The lowest BCUT2D eigenvalue weighted by molar-refractivity contribution is 0.102. The molecule has 6 heteroatoms. The Bertz CT molecular complexity index is 1260. The second-order valence-corrected chi connectivity index (χ2v) is 9.53. The van der Waals surface area contributed by atoms with E-state index in [4.69, 9.17) is 0 Å². The Morgan fingerprint density at radius 3 is 2.15 bits per heavy atom. The summed E-state index contributed by atoms with van der Waals surface area (Å²) in [6, 6.07) is 19.5. The molecule has 33 heavy (non-hydrogen) atoms. The molecule has 1 atom stereocenters. The normalized spacial score (nSPS) is 11.8. The average molecular weight is 457 g/mol. The standard InChI is InChI=1S/C27H28N4OS/c1-16-11-13-21(14-12-16)24(30-27-28-17(2)15-18(3)29-27)23-19(4)20(5)33-26(23)31-25(32)22-9-7-6-8-10-22/h6-15,24H,1-5H3,(H,31,32)(H,28,29,30)/t24-/m1/s1. The highest BCUT2D eigenvalue weighted by molar-refractivity contribution is 7.16. The van der Waals surface area contributed by atoms with Crippen molar-refractivity contribution in [3.8, 4) is 0 Å². The summed E-state index contributed by atoms with van der Waals surface area (Å²) in [6.45, 7) is 10.2. The SMILES string of the molecule is Cc1ccc([C@@H](Nc2nc(C)cc(C)n2)c2c(NC(=O)c3ccccc3)sc(C)c2C)cc1. The molecule has 0 bridgehead atoms. The predicted octanol–water partition coefficient (Wildman–Crippen LogP) is 6.53. The van der Waals surface area contributed by atoms with E-state index < -0.39 is 0 Å². The van der Waals surface area contributed by atoms with Crippen LogP contribution in [0.25, 0.3) is 0 Å². The van der Waals surface area contributed by atoms with Gasteiger partial charge in [-0.1, -0.05) is 48.0 Å². The molecule has 2 N–H and O–H groups in total. The van der Waals surface area contributed by atoms with Crippen LogP contribution in [-0.4, -0.2) is 15.9 Å². The molecular weight excluding hydrogens is 428 g/mol. The molecule has 2 aromatic carbocycles. The number of amides is 1. The highest BCUT2D eigenvalue weighted by Crippen LogP contribution is 2.41. The average Bonchev–Trinajstić information content (AvgIpc) is 3.05. The van der Waals surface area contributed by atoms with Gasteiger partial charge in [0.15, 0.2) is 0 Å². The smallest absolute Gasteiger partial charge is 0.256 e. The number of nitrogens with one attached hydrogen (secondary N) is 2. The molecule has 0 aliphatic carbocycles. The third kappa shape index (κ3) is 5.12. The minimum absolute atomic E-state index is 0.122. The fourth-order valence-corrected chi connectivity index (χ4v) is 4.94. The zero-order valence-electron chi connectivity index (χ0n) is 19.6. The van der Waals surface area contributed by atoms with Crippen molar-refractivity contribution in [2.24, 2.45) is 0 Å². The molecule has 2 heterocycles. The number of hydrogen-bond donors (Lipinski definition) is 2. The maximum absolute atomic E-state index is 13.0. The monoisotopic (exact) mass is 456 g/mol. The van der Waals surface area contributed by atoms with Gasteiger partial charge in [0.05, 0.1) is 6.04 Å². The van der Waals surface area contributed by atoms with Crippen LogP contribution < -0.4 is 10.6 Å². The van der Waals surface area contributed by atoms with Gasteiger partial charge < -0.3 is 10.6 Å². The topological polar surface area (TPSA) is 66.9 Å². The van der Waals surface area contributed by atoms with Gasteiger partial charge in [0.25, 0.3) is 5.91 Å². The fraction of sp³-hybridized carbons (Fsp3) is 0.222. The number of thiophene rings is 1. The molecule has 0 unspecified atom stereocenters. The fourth-order valence-electron chi connectivity index (χ4n) is 3.85. The van der Waals surface area contributed by atoms with Crippen molar-refractivity contribution in [3.63, 3.8) is 0 Å². The van der Waals surface area contributed by atoms with Crippen LogP contribution in [0.5, 0.6) is 0 Å². The summed E-state index contributed by atoms with van der Waals surface area (Å²) in [7, 11) is 0. The van der Waals surface area contributed by atoms with E-state index in [1.807, 2.05) is 50.2 Å². The van der Waals surface area contributed by atoms with Gasteiger partial charge in [-0.2, -0.15) is 0 Å². The van der Waals surface area contributed by atoms with Gasteiger partial charge in [-0.3, -0.25) is 4.79 Å². The van der Waals surface area contributed by atoms with E-state index in [1.165, 1.54) is 5.56 Å². The zero-order chi connectivity index (χ0) is 23.5. The van der Waals surface area contributed by atoms with E-state index in [1.54, 1.807) is 11.3 Å². The Morgan fingerprint density at radius 2 is 1.52 bits per heavy atom. The predicted molar refractivity (Wildman–Crippen MR) is 136 cm³/mol. The van der Waals surface area contributed by atoms with E-state index in [-0.39, 0.29) is 11.9 Å². The van der Waals surface area contributed by atoms with Gasteiger partial charge in [0.1, 0.15) is 5.00 Å². The maximum atomic E-state index is 13.0. The van der Waals surface area contributed by atoms with E-state index >= 15 is 0 Å². The number of aromatic nitrogens is 2. The van der Waals surface area contributed by atoms with Gasteiger partial charge in [-0.05, 0) is 63.9 Å². The highest BCUT2D eigenvalue weighted by Gasteiger charge is 2.25. The molecule has 4 rings (SSSR count). The van der Waals surface area contributed by atoms with Crippen molar-refractivity contribution in [2.45, 2.75) is 40.7 Å². The lowest BCUT2D eigenvalue weighted by atomic mass is 9.95. The molecule has 0 aliphatic heterocycles. The largest absolute Gasteiger partial charge is 0.343 e. The Balaban J connectivity index is 1.79. The lowest BCUT2D eigenvalue weighted by Crippen LogP contribution is -2.19.